The summed E-state index contributed by atoms with van der Waals surface area (Å²) in [6.07, 6.45) is 4.70. The van der Waals surface area contributed by atoms with Gasteiger partial charge in [-0.05, 0) is 18.9 Å². The maximum atomic E-state index is 6.21. The second-order valence-corrected chi connectivity index (χ2v) is 5.46. The van der Waals surface area contributed by atoms with Crippen molar-refractivity contribution in [3.8, 4) is 23.2 Å². The molecule has 0 saturated carbocycles. The molecule has 0 spiro atoms. The molecule has 0 N–H and O–H groups in total. The van der Waals surface area contributed by atoms with Crippen LogP contribution < -0.4 is 0 Å². The molecule has 5 nitrogen and oxygen atoms in total. The van der Waals surface area contributed by atoms with Crippen LogP contribution in [0.1, 0.15) is 25.2 Å². The lowest BCUT2D eigenvalue weighted by atomic mass is 10.3. The average Bonchev–Trinajstić information content (AvgIpc) is 3.16. The molecular weight excluding hydrogens is 325 g/mol. The summed E-state index contributed by atoms with van der Waals surface area (Å²) < 4.78 is 10.9. The standard InChI is InChI=1S/C15H13Cl2N3O2/c1-3-8-6-21-14(18-8)12-10(16)5-11(17)13(20-12)15-19-9(4-2)7-22-15/h5-7H,3-4H2,1-2H3. The van der Waals surface area contributed by atoms with Crippen LogP contribution in [0.15, 0.2) is 27.4 Å². The molecule has 3 heterocycles. The molecule has 114 valence electrons. The Hall–Kier alpha value is -1.85. The van der Waals surface area contributed by atoms with E-state index in [1.165, 1.54) is 0 Å². The van der Waals surface area contributed by atoms with E-state index < -0.39 is 0 Å². The highest BCUT2D eigenvalue weighted by molar-refractivity contribution is 6.37. The zero-order valence-electron chi connectivity index (χ0n) is 12.1. The summed E-state index contributed by atoms with van der Waals surface area (Å²) in [6, 6.07) is 1.59. The van der Waals surface area contributed by atoms with Crippen LogP contribution in [0.4, 0.5) is 0 Å². The van der Waals surface area contributed by atoms with Crippen LogP contribution in [-0.2, 0) is 12.8 Å². The maximum absolute atomic E-state index is 6.21. The predicted octanol–water partition coefficient (Wildman–Crippen LogP) is 4.82. The Morgan fingerprint density at radius 2 is 1.27 bits per heavy atom. The lowest BCUT2D eigenvalue weighted by molar-refractivity contribution is 0.566. The van der Waals surface area contributed by atoms with Gasteiger partial charge in [0.05, 0.1) is 21.4 Å². The highest BCUT2D eigenvalue weighted by Crippen LogP contribution is 2.34. The molecule has 0 aliphatic carbocycles. The van der Waals surface area contributed by atoms with Gasteiger partial charge < -0.3 is 8.83 Å². The zero-order valence-corrected chi connectivity index (χ0v) is 13.6. The summed E-state index contributed by atoms with van der Waals surface area (Å²) in [6.45, 7) is 3.98. The molecule has 0 aliphatic rings. The van der Waals surface area contributed by atoms with Crippen LogP contribution in [0.5, 0.6) is 0 Å². The lowest BCUT2D eigenvalue weighted by Crippen LogP contribution is -1.92. The van der Waals surface area contributed by atoms with Gasteiger partial charge in [-0.2, -0.15) is 0 Å². The Kier molecular flexibility index (Phi) is 4.18. The Morgan fingerprint density at radius 3 is 1.64 bits per heavy atom. The van der Waals surface area contributed by atoms with Gasteiger partial charge in [-0.1, -0.05) is 37.0 Å². The molecular formula is C15H13Cl2N3O2. The largest absolute Gasteiger partial charge is 0.443 e. The second-order valence-electron chi connectivity index (χ2n) is 4.64. The third kappa shape index (κ3) is 2.74. The van der Waals surface area contributed by atoms with Crippen molar-refractivity contribution in [2.24, 2.45) is 0 Å². The van der Waals surface area contributed by atoms with Gasteiger partial charge in [-0.3, -0.25) is 0 Å². The van der Waals surface area contributed by atoms with E-state index in [2.05, 4.69) is 15.0 Å². The number of halogens is 2. The molecule has 3 aromatic rings. The summed E-state index contributed by atoms with van der Waals surface area (Å²) in [7, 11) is 0. The van der Waals surface area contributed by atoms with Crippen molar-refractivity contribution in [1.29, 1.82) is 0 Å². The van der Waals surface area contributed by atoms with Gasteiger partial charge in [0, 0.05) is 0 Å². The fourth-order valence-electron chi connectivity index (χ4n) is 1.92. The number of rotatable bonds is 4. The van der Waals surface area contributed by atoms with Gasteiger partial charge in [0.2, 0.25) is 11.8 Å². The van der Waals surface area contributed by atoms with Crippen molar-refractivity contribution in [2.45, 2.75) is 26.7 Å². The third-order valence-electron chi connectivity index (χ3n) is 3.16. The molecule has 7 heteroatoms. The summed E-state index contributed by atoms with van der Waals surface area (Å²) in [4.78, 5) is 13.1. The van der Waals surface area contributed by atoms with E-state index in [9.17, 15) is 0 Å². The summed E-state index contributed by atoms with van der Waals surface area (Å²) in [5, 5.41) is 0.723. The number of pyridine rings is 1. The number of hydrogen-bond acceptors (Lipinski definition) is 5. The van der Waals surface area contributed by atoms with Gasteiger partial charge >= 0.3 is 0 Å². The normalized spacial score (nSPS) is 11.1. The number of aromatic nitrogens is 3. The van der Waals surface area contributed by atoms with E-state index >= 15 is 0 Å². The minimum absolute atomic E-state index is 0.349. The lowest BCUT2D eigenvalue weighted by Gasteiger charge is -2.04. The van der Waals surface area contributed by atoms with Gasteiger partial charge in [-0.15, -0.1) is 0 Å². The van der Waals surface area contributed by atoms with Crippen LogP contribution >= 0.6 is 23.2 Å². The van der Waals surface area contributed by atoms with Crippen molar-refractivity contribution in [3.05, 3.63) is 40.0 Å². The van der Waals surface area contributed by atoms with Crippen molar-refractivity contribution >= 4 is 23.2 Å². The van der Waals surface area contributed by atoms with E-state index in [-0.39, 0.29) is 0 Å². The van der Waals surface area contributed by atoms with Crippen molar-refractivity contribution in [2.75, 3.05) is 0 Å². The summed E-state index contributed by atoms with van der Waals surface area (Å²) in [5.41, 5.74) is 2.48. The summed E-state index contributed by atoms with van der Waals surface area (Å²) >= 11 is 12.4. The molecule has 0 atom stereocenters. The fourth-order valence-corrected chi connectivity index (χ4v) is 2.44. The first-order chi connectivity index (χ1) is 10.6. The molecule has 0 bridgehead atoms. The van der Waals surface area contributed by atoms with E-state index in [4.69, 9.17) is 32.0 Å². The van der Waals surface area contributed by atoms with Gasteiger partial charge in [-0.25, -0.2) is 15.0 Å². The Balaban J connectivity index is 2.10. The van der Waals surface area contributed by atoms with Gasteiger partial charge in [0.1, 0.15) is 23.9 Å². The van der Waals surface area contributed by atoms with Crippen molar-refractivity contribution in [3.63, 3.8) is 0 Å². The highest BCUT2D eigenvalue weighted by Gasteiger charge is 2.19. The fraction of sp³-hybridized carbons (Fsp3) is 0.267. The van der Waals surface area contributed by atoms with E-state index in [1.807, 2.05) is 13.8 Å². The monoisotopic (exact) mass is 337 g/mol. The van der Waals surface area contributed by atoms with Crippen molar-refractivity contribution < 1.29 is 8.83 Å². The minimum atomic E-state index is 0.349. The first kappa shape index (κ1) is 15.1. The second kappa shape index (κ2) is 6.10. The molecule has 22 heavy (non-hydrogen) atoms. The number of nitrogens with zero attached hydrogens (tertiary/aromatic N) is 3. The van der Waals surface area contributed by atoms with E-state index in [1.54, 1.807) is 18.6 Å². The maximum Gasteiger partial charge on any atom is 0.246 e. The molecule has 3 aromatic heterocycles. The van der Waals surface area contributed by atoms with Crippen LogP contribution in [0, 0.1) is 0 Å². The van der Waals surface area contributed by atoms with Crippen LogP contribution in [-0.4, -0.2) is 15.0 Å². The number of aryl methyl sites for hydroxylation is 2. The van der Waals surface area contributed by atoms with Gasteiger partial charge in [0.15, 0.2) is 0 Å². The van der Waals surface area contributed by atoms with Crippen LogP contribution in [0.3, 0.4) is 0 Å². The third-order valence-corrected chi connectivity index (χ3v) is 3.74. The Morgan fingerprint density at radius 1 is 0.818 bits per heavy atom. The minimum Gasteiger partial charge on any atom is -0.443 e. The highest BCUT2D eigenvalue weighted by atomic mass is 35.5. The average molecular weight is 338 g/mol. The summed E-state index contributed by atoms with van der Waals surface area (Å²) in [5.74, 6) is 0.698. The molecule has 0 saturated heterocycles. The molecule has 0 aromatic carbocycles. The number of hydrogen-bond donors (Lipinski definition) is 0. The van der Waals surface area contributed by atoms with Crippen LogP contribution in [0.25, 0.3) is 23.2 Å². The zero-order chi connectivity index (χ0) is 15.7. The topological polar surface area (TPSA) is 65.0 Å². The number of oxazole rings is 2. The Labute approximate surface area is 137 Å². The van der Waals surface area contributed by atoms with E-state index in [0.717, 1.165) is 24.2 Å². The molecule has 0 unspecified atom stereocenters. The smallest absolute Gasteiger partial charge is 0.246 e. The molecule has 0 radical (unpaired) electrons. The SMILES string of the molecule is CCc1coc(-c2nc(-c3nc(CC)co3)c(Cl)cc2Cl)n1. The predicted molar refractivity (Wildman–Crippen MR) is 84.0 cm³/mol. The van der Waals surface area contributed by atoms with E-state index in [0.29, 0.717) is 33.2 Å². The molecule has 3 rings (SSSR count). The first-order valence-electron chi connectivity index (χ1n) is 6.88. The molecule has 0 aliphatic heterocycles. The molecule has 0 fully saturated rings. The Bertz CT molecular complexity index is 747. The first-order valence-corrected chi connectivity index (χ1v) is 7.63. The quantitative estimate of drug-likeness (QED) is 0.682. The molecule has 0 amide bonds. The van der Waals surface area contributed by atoms with Gasteiger partial charge in [0.25, 0.3) is 0 Å². The van der Waals surface area contributed by atoms with Crippen molar-refractivity contribution in [1.82, 2.24) is 15.0 Å². The van der Waals surface area contributed by atoms with Crippen LogP contribution in [0.2, 0.25) is 10.0 Å².